The molecule has 1 rings (SSSR count). The van der Waals surface area contributed by atoms with E-state index in [-0.39, 0.29) is 23.3 Å². The van der Waals surface area contributed by atoms with Crippen LogP contribution in [0.3, 0.4) is 0 Å². The van der Waals surface area contributed by atoms with Gasteiger partial charge in [0.05, 0.1) is 12.8 Å². The van der Waals surface area contributed by atoms with Gasteiger partial charge in [-0.15, -0.1) is 0 Å². The SMILES string of the molecule is COc1ccc(N(/C=C\[C@@H](C)[C@@H](CC(C)C)C[N+](=O)[O-])C(=O)OC(C)(C)C)cc1. The van der Waals surface area contributed by atoms with Crippen LogP contribution in [0.15, 0.2) is 36.5 Å². The van der Waals surface area contributed by atoms with Crippen molar-refractivity contribution < 1.29 is 19.2 Å². The number of methoxy groups -OCH3 is 1. The van der Waals surface area contributed by atoms with Gasteiger partial charge in [0.25, 0.3) is 0 Å². The number of hydrogen-bond donors (Lipinski definition) is 0. The number of carbonyl (C=O) groups is 1. The number of nitro groups is 1. The fraction of sp³-hybridized carbons (Fsp3) is 0.591. The summed E-state index contributed by atoms with van der Waals surface area (Å²) in [6.07, 6.45) is 3.71. The van der Waals surface area contributed by atoms with Crippen LogP contribution in [0.2, 0.25) is 0 Å². The quantitative estimate of drug-likeness (QED) is 0.398. The zero-order valence-electron chi connectivity index (χ0n) is 18.5. The summed E-state index contributed by atoms with van der Waals surface area (Å²) in [5.74, 6) is 0.834. The molecule has 0 aliphatic heterocycles. The van der Waals surface area contributed by atoms with Crippen molar-refractivity contribution in [3.8, 4) is 5.75 Å². The van der Waals surface area contributed by atoms with Crippen molar-refractivity contribution in [3.63, 3.8) is 0 Å². The van der Waals surface area contributed by atoms with E-state index >= 15 is 0 Å². The van der Waals surface area contributed by atoms with Crippen molar-refractivity contribution in [1.82, 2.24) is 0 Å². The van der Waals surface area contributed by atoms with Crippen LogP contribution in [0.5, 0.6) is 5.75 Å². The van der Waals surface area contributed by atoms with E-state index in [0.29, 0.717) is 17.4 Å². The van der Waals surface area contributed by atoms with E-state index in [1.54, 1.807) is 58.3 Å². The summed E-state index contributed by atoms with van der Waals surface area (Å²) < 4.78 is 10.7. The first-order chi connectivity index (χ1) is 13.4. The van der Waals surface area contributed by atoms with Gasteiger partial charge in [-0.3, -0.25) is 15.0 Å². The van der Waals surface area contributed by atoms with Crippen molar-refractivity contribution in [2.24, 2.45) is 17.8 Å². The second kappa shape index (κ2) is 10.8. The third-order valence-corrected chi connectivity index (χ3v) is 4.38. The first kappa shape index (κ1) is 24.5. The molecule has 0 bridgehead atoms. The van der Waals surface area contributed by atoms with Crippen LogP contribution in [0, 0.1) is 27.9 Å². The normalized spacial score (nSPS) is 13.9. The minimum atomic E-state index is -0.646. The Hall–Kier alpha value is -2.57. The molecule has 0 unspecified atom stereocenters. The molecule has 29 heavy (non-hydrogen) atoms. The number of benzene rings is 1. The molecule has 1 amide bonds. The van der Waals surface area contributed by atoms with Gasteiger partial charge in [-0.1, -0.05) is 26.8 Å². The molecule has 0 saturated carbocycles. The smallest absolute Gasteiger partial charge is 0.418 e. The zero-order valence-corrected chi connectivity index (χ0v) is 18.5. The second-order valence-electron chi connectivity index (χ2n) is 8.65. The molecular weight excluding hydrogens is 372 g/mol. The predicted octanol–water partition coefficient (Wildman–Crippen LogP) is 5.53. The Kier molecular flexibility index (Phi) is 9.14. The molecule has 0 N–H and O–H groups in total. The lowest BCUT2D eigenvalue weighted by atomic mass is 9.86. The van der Waals surface area contributed by atoms with Crippen LogP contribution in [0.25, 0.3) is 0 Å². The average Bonchev–Trinajstić information content (AvgIpc) is 2.59. The van der Waals surface area contributed by atoms with E-state index in [1.807, 2.05) is 26.8 Å². The van der Waals surface area contributed by atoms with E-state index in [9.17, 15) is 14.9 Å². The van der Waals surface area contributed by atoms with Gasteiger partial charge in [-0.05, 0) is 63.3 Å². The van der Waals surface area contributed by atoms with E-state index in [1.165, 1.54) is 4.90 Å². The molecule has 7 heteroatoms. The summed E-state index contributed by atoms with van der Waals surface area (Å²) in [5, 5.41) is 11.1. The highest BCUT2D eigenvalue weighted by atomic mass is 16.6. The summed E-state index contributed by atoms with van der Waals surface area (Å²) in [5.41, 5.74) is -0.0225. The maximum absolute atomic E-state index is 12.8. The van der Waals surface area contributed by atoms with Gasteiger partial charge in [0.1, 0.15) is 11.4 Å². The molecule has 0 heterocycles. The van der Waals surface area contributed by atoms with Crippen molar-refractivity contribution in [2.45, 2.75) is 53.6 Å². The highest BCUT2D eigenvalue weighted by molar-refractivity contribution is 5.90. The first-order valence-corrected chi connectivity index (χ1v) is 9.89. The van der Waals surface area contributed by atoms with Crippen LogP contribution >= 0.6 is 0 Å². The Morgan fingerprint density at radius 2 is 1.79 bits per heavy atom. The summed E-state index contributed by atoms with van der Waals surface area (Å²) in [7, 11) is 1.58. The lowest BCUT2D eigenvalue weighted by molar-refractivity contribution is -0.489. The number of nitrogens with zero attached hydrogens (tertiary/aromatic N) is 2. The monoisotopic (exact) mass is 406 g/mol. The molecule has 0 saturated heterocycles. The third-order valence-electron chi connectivity index (χ3n) is 4.38. The fourth-order valence-corrected chi connectivity index (χ4v) is 2.94. The van der Waals surface area contributed by atoms with Gasteiger partial charge in [0, 0.05) is 17.0 Å². The van der Waals surface area contributed by atoms with Crippen LogP contribution in [0.1, 0.15) is 48.0 Å². The van der Waals surface area contributed by atoms with Gasteiger partial charge in [-0.25, -0.2) is 4.79 Å². The van der Waals surface area contributed by atoms with E-state index in [4.69, 9.17) is 9.47 Å². The summed E-state index contributed by atoms with van der Waals surface area (Å²) >= 11 is 0. The Morgan fingerprint density at radius 3 is 2.24 bits per heavy atom. The Labute approximate surface area is 173 Å². The molecule has 162 valence electrons. The molecule has 7 nitrogen and oxygen atoms in total. The second-order valence-corrected chi connectivity index (χ2v) is 8.65. The van der Waals surface area contributed by atoms with Crippen LogP contribution in [-0.4, -0.2) is 30.3 Å². The molecule has 2 atom stereocenters. The predicted molar refractivity (Wildman–Crippen MR) is 115 cm³/mol. The maximum Gasteiger partial charge on any atom is 0.418 e. The van der Waals surface area contributed by atoms with Gasteiger partial charge in [0.2, 0.25) is 6.54 Å². The Bertz CT molecular complexity index is 692. The van der Waals surface area contributed by atoms with E-state index in [2.05, 4.69) is 0 Å². The number of allylic oxidation sites excluding steroid dienone is 1. The summed E-state index contributed by atoms with van der Waals surface area (Å²) in [6.45, 7) is 11.4. The largest absolute Gasteiger partial charge is 0.497 e. The van der Waals surface area contributed by atoms with Gasteiger partial charge >= 0.3 is 6.09 Å². The molecule has 1 aromatic carbocycles. The number of hydrogen-bond acceptors (Lipinski definition) is 5. The molecular formula is C22H34N2O5. The number of anilines is 1. The number of ether oxygens (including phenoxy) is 2. The van der Waals surface area contributed by atoms with E-state index < -0.39 is 11.7 Å². The molecule has 1 aromatic rings. The Balaban J connectivity index is 3.13. The highest BCUT2D eigenvalue weighted by Gasteiger charge is 2.25. The molecule has 0 aliphatic rings. The lowest BCUT2D eigenvalue weighted by Crippen LogP contribution is -2.33. The fourth-order valence-electron chi connectivity index (χ4n) is 2.94. The molecule has 0 fully saturated rings. The van der Waals surface area contributed by atoms with Crippen LogP contribution < -0.4 is 9.64 Å². The number of carbonyl (C=O) groups excluding carboxylic acids is 1. The van der Waals surface area contributed by atoms with Gasteiger partial charge in [0.15, 0.2) is 0 Å². The Morgan fingerprint density at radius 1 is 1.21 bits per heavy atom. The van der Waals surface area contributed by atoms with Gasteiger partial charge < -0.3 is 9.47 Å². The molecule has 0 aromatic heterocycles. The minimum absolute atomic E-state index is 0.0778. The van der Waals surface area contributed by atoms with Crippen molar-refractivity contribution >= 4 is 11.8 Å². The molecule has 0 radical (unpaired) electrons. The summed E-state index contributed by atoms with van der Waals surface area (Å²) in [4.78, 5) is 25.0. The molecule has 0 aliphatic carbocycles. The molecule has 0 spiro atoms. The minimum Gasteiger partial charge on any atom is -0.497 e. The van der Waals surface area contributed by atoms with Crippen LogP contribution in [-0.2, 0) is 4.74 Å². The number of rotatable bonds is 9. The highest BCUT2D eigenvalue weighted by Crippen LogP contribution is 2.25. The standard InChI is InChI=1S/C22H34N2O5/c1-16(2)14-18(15-24(26)27)17(3)12-13-23(21(25)29-22(4,5)6)19-8-10-20(28-7)11-9-19/h8-13,16-18H,14-15H2,1-7H3/b13-12-/t17-,18+/m1/s1. The van der Waals surface area contributed by atoms with Crippen molar-refractivity contribution in [3.05, 3.63) is 46.7 Å². The zero-order chi connectivity index (χ0) is 22.2. The van der Waals surface area contributed by atoms with Gasteiger partial charge in [-0.2, -0.15) is 0 Å². The number of amides is 1. The average molecular weight is 407 g/mol. The van der Waals surface area contributed by atoms with Crippen LogP contribution in [0.4, 0.5) is 10.5 Å². The van der Waals surface area contributed by atoms with Crippen molar-refractivity contribution in [2.75, 3.05) is 18.6 Å². The lowest BCUT2D eigenvalue weighted by Gasteiger charge is -2.26. The topological polar surface area (TPSA) is 81.9 Å². The summed E-state index contributed by atoms with van der Waals surface area (Å²) in [6, 6.07) is 7.05. The first-order valence-electron chi connectivity index (χ1n) is 9.89. The maximum atomic E-state index is 12.8. The van der Waals surface area contributed by atoms with Crippen molar-refractivity contribution in [1.29, 1.82) is 0 Å². The third kappa shape index (κ3) is 8.98. The van der Waals surface area contributed by atoms with E-state index in [0.717, 1.165) is 6.42 Å².